The SMILES string of the molecule is CCN(C(=O)c1ccc(OC)c(O)c1)c1ccncc1. The Hall–Kier alpha value is -2.56. The number of aromatic hydroxyl groups is 1. The average molecular weight is 272 g/mol. The number of hydrogen-bond donors (Lipinski definition) is 1. The largest absolute Gasteiger partial charge is 0.504 e. The minimum Gasteiger partial charge on any atom is -0.504 e. The Kier molecular flexibility index (Phi) is 4.20. The molecule has 0 aliphatic carbocycles. The number of anilines is 1. The Morgan fingerprint density at radius 3 is 2.55 bits per heavy atom. The first kappa shape index (κ1) is 13.9. The van der Waals surface area contributed by atoms with Gasteiger partial charge in [0.05, 0.1) is 7.11 Å². The Bertz CT molecular complexity index is 599. The summed E-state index contributed by atoms with van der Waals surface area (Å²) in [4.78, 5) is 18.0. The summed E-state index contributed by atoms with van der Waals surface area (Å²) in [7, 11) is 1.46. The van der Waals surface area contributed by atoms with E-state index in [-0.39, 0.29) is 11.7 Å². The van der Waals surface area contributed by atoms with Crippen molar-refractivity contribution < 1.29 is 14.6 Å². The number of amides is 1. The van der Waals surface area contributed by atoms with Crippen LogP contribution in [0.5, 0.6) is 11.5 Å². The van der Waals surface area contributed by atoms with Crippen LogP contribution in [0.15, 0.2) is 42.7 Å². The molecule has 0 radical (unpaired) electrons. The Labute approximate surface area is 117 Å². The van der Waals surface area contributed by atoms with Gasteiger partial charge >= 0.3 is 0 Å². The third-order valence-corrected chi connectivity index (χ3v) is 2.96. The molecule has 0 spiro atoms. The molecule has 0 aliphatic heterocycles. The molecule has 5 nitrogen and oxygen atoms in total. The lowest BCUT2D eigenvalue weighted by Crippen LogP contribution is -2.30. The fourth-order valence-electron chi connectivity index (χ4n) is 1.95. The van der Waals surface area contributed by atoms with E-state index in [4.69, 9.17) is 4.74 Å². The first-order valence-electron chi connectivity index (χ1n) is 6.26. The molecule has 1 aromatic heterocycles. The molecule has 2 aromatic rings. The van der Waals surface area contributed by atoms with E-state index in [1.165, 1.54) is 13.2 Å². The molecule has 0 atom stereocenters. The summed E-state index contributed by atoms with van der Waals surface area (Å²) in [6, 6.07) is 8.15. The van der Waals surface area contributed by atoms with Crippen molar-refractivity contribution in [2.24, 2.45) is 0 Å². The number of phenolic OH excluding ortho intramolecular Hbond substituents is 1. The topological polar surface area (TPSA) is 62.7 Å². The molecule has 1 heterocycles. The van der Waals surface area contributed by atoms with Crippen LogP contribution in [0, 0.1) is 0 Å². The van der Waals surface area contributed by atoms with Crippen LogP contribution in [0.1, 0.15) is 17.3 Å². The minimum atomic E-state index is -0.184. The highest BCUT2D eigenvalue weighted by Crippen LogP contribution is 2.27. The van der Waals surface area contributed by atoms with Crippen molar-refractivity contribution >= 4 is 11.6 Å². The Morgan fingerprint density at radius 1 is 1.30 bits per heavy atom. The Balaban J connectivity index is 2.32. The molecule has 1 aromatic carbocycles. The zero-order valence-electron chi connectivity index (χ0n) is 11.4. The lowest BCUT2D eigenvalue weighted by atomic mass is 10.1. The third kappa shape index (κ3) is 2.71. The zero-order valence-corrected chi connectivity index (χ0v) is 11.4. The minimum absolute atomic E-state index is 0.0517. The van der Waals surface area contributed by atoms with Crippen LogP contribution in [0.2, 0.25) is 0 Å². The number of aromatic nitrogens is 1. The molecular weight excluding hydrogens is 256 g/mol. The van der Waals surface area contributed by atoms with E-state index in [0.29, 0.717) is 17.9 Å². The molecule has 0 bridgehead atoms. The molecule has 0 saturated heterocycles. The molecule has 20 heavy (non-hydrogen) atoms. The molecular formula is C15H16N2O3. The normalized spacial score (nSPS) is 10.1. The standard InChI is InChI=1S/C15H16N2O3/c1-3-17(12-6-8-16-9-7-12)15(19)11-4-5-14(20-2)13(18)10-11/h4-10,18H,3H2,1-2H3. The van der Waals surface area contributed by atoms with Gasteiger partial charge in [-0.05, 0) is 37.3 Å². The van der Waals surface area contributed by atoms with E-state index in [0.717, 1.165) is 5.69 Å². The van der Waals surface area contributed by atoms with E-state index in [2.05, 4.69) is 4.98 Å². The molecule has 0 saturated carbocycles. The van der Waals surface area contributed by atoms with Gasteiger partial charge in [0, 0.05) is 30.2 Å². The summed E-state index contributed by atoms with van der Waals surface area (Å²) >= 11 is 0. The van der Waals surface area contributed by atoms with Gasteiger partial charge in [0.2, 0.25) is 0 Å². The predicted octanol–water partition coefficient (Wildman–Crippen LogP) is 2.46. The van der Waals surface area contributed by atoms with Crippen molar-refractivity contribution in [3.05, 3.63) is 48.3 Å². The van der Waals surface area contributed by atoms with E-state index < -0.39 is 0 Å². The summed E-state index contributed by atoms with van der Waals surface area (Å²) < 4.78 is 4.97. The molecule has 0 aliphatic rings. The van der Waals surface area contributed by atoms with Crippen molar-refractivity contribution in [1.82, 2.24) is 4.98 Å². The molecule has 0 unspecified atom stereocenters. The lowest BCUT2D eigenvalue weighted by Gasteiger charge is -2.21. The van der Waals surface area contributed by atoms with Gasteiger partial charge in [-0.3, -0.25) is 9.78 Å². The molecule has 2 rings (SSSR count). The van der Waals surface area contributed by atoms with Gasteiger partial charge in [0.1, 0.15) is 0 Å². The number of phenols is 1. The van der Waals surface area contributed by atoms with Crippen LogP contribution in [-0.2, 0) is 0 Å². The number of rotatable bonds is 4. The van der Waals surface area contributed by atoms with Gasteiger partial charge in [-0.1, -0.05) is 0 Å². The maximum Gasteiger partial charge on any atom is 0.258 e. The predicted molar refractivity (Wildman–Crippen MR) is 76.2 cm³/mol. The Morgan fingerprint density at radius 2 is 2.00 bits per heavy atom. The van der Waals surface area contributed by atoms with Gasteiger partial charge in [0.15, 0.2) is 11.5 Å². The van der Waals surface area contributed by atoms with Crippen LogP contribution in [0.3, 0.4) is 0 Å². The number of carbonyl (C=O) groups is 1. The van der Waals surface area contributed by atoms with Crippen LogP contribution >= 0.6 is 0 Å². The highest BCUT2D eigenvalue weighted by atomic mass is 16.5. The first-order valence-corrected chi connectivity index (χ1v) is 6.26. The van der Waals surface area contributed by atoms with Gasteiger partial charge in [0.25, 0.3) is 5.91 Å². The molecule has 1 amide bonds. The zero-order chi connectivity index (χ0) is 14.5. The fourth-order valence-corrected chi connectivity index (χ4v) is 1.95. The number of pyridine rings is 1. The van der Waals surface area contributed by atoms with E-state index in [1.807, 2.05) is 6.92 Å². The highest BCUT2D eigenvalue weighted by molar-refractivity contribution is 6.06. The second kappa shape index (κ2) is 6.06. The van der Waals surface area contributed by atoms with Crippen LogP contribution in [-0.4, -0.2) is 29.7 Å². The summed E-state index contributed by atoms with van der Waals surface area (Å²) in [5.41, 5.74) is 1.17. The van der Waals surface area contributed by atoms with E-state index in [1.54, 1.807) is 41.6 Å². The van der Waals surface area contributed by atoms with E-state index in [9.17, 15) is 9.90 Å². The van der Waals surface area contributed by atoms with Crippen LogP contribution < -0.4 is 9.64 Å². The number of benzene rings is 1. The van der Waals surface area contributed by atoms with Gasteiger partial charge in [-0.15, -0.1) is 0 Å². The van der Waals surface area contributed by atoms with E-state index >= 15 is 0 Å². The lowest BCUT2D eigenvalue weighted by molar-refractivity contribution is 0.0988. The maximum atomic E-state index is 12.5. The summed E-state index contributed by atoms with van der Waals surface area (Å²) in [5.74, 6) is 0.106. The summed E-state index contributed by atoms with van der Waals surface area (Å²) in [5, 5.41) is 9.76. The van der Waals surface area contributed by atoms with Gasteiger partial charge in [-0.25, -0.2) is 0 Å². The number of carbonyl (C=O) groups excluding carboxylic acids is 1. The quantitative estimate of drug-likeness (QED) is 0.928. The number of hydrogen-bond acceptors (Lipinski definition) is 4. The number of methoxy groups -OCH3 is 1. The molecule has 104 valence electrons. The molecule has 0 fully saturated rings. The van der Waals surface area contributed by atoms with Crippen LogP contribution in [0.25, 0.3) is 0 Å². The smallest absolute Gasteiger partial charge is 0.258 e. The van der Waals surface area contributed by atoms with Crippen LogP contribution in [0.4, 0.5) is 5.69 Å². The number of ether oxygens (including phenoxy) is 1. The second-order valence-electron chi connectivity index (χ2n) is 4.14. The van der Waals surface area contributed by atoms with Crippen molar-refractivity contribution in [3.63, 3.8) is 0 Å². The monoisotopic (exact) mass is 272 g/mol. The first-order chi connectivity index (χ1) is 9.67. The number of nitrogens with zero attached hydrogens (tertiary/aromatic N) is 2. The summed E-state index contributed by atoms with van der Waals surface area (Å²) in [6.07, 6.45) is 3.27. The second-order valence-corrected chi connectivity index (χ2v) is 4.14. The highest BCUT2D eigenvalue weighted by Gasteiger charge is 2.17. The van der Waals surface area contributed by atoms with Crippen molar-refractivity contribution in [2.45, 2.75) is 6.92 Å². The maximum absolute atomic E-state index is 12.5. The third-order valence-electron chi connectivity index (χ3n) is 2.96. The summed E-state index contributed by atoms with van der Waals surface area (Å²) in [6.45, 7) is 2.41. The molecule has 5 heteroatoms. The van der Waals surface area contributed by atoms with Crippen molar-refractivity contribution in [1.29, 1.82) is 0 Å². The average Bonchev–Trinajstić information content (AvgIpc) is 2.49. The van der Waals surface area contributed by atoms with Gasteiger partial charge in [-0.2, -0.15) is 0 Å². The van der Waals surface area contributed by atoms with Gasteiger partial charge < -0.3 is 14.7 Å². The fraction of sp³-hybridized carbons (Fsp3) is 0.200. The van der Waals surface area contributed by atoms with Crippen molar-refractivity contribution in [3.8, 4) is 11.5 Å². The molecule has 1 N–H and O–H groups in total. The van der Waals surface area contributed by atoms with Crippen molar-refractivity contribution in [2.75, 3.05) is 18.6 Å².